The van der Waals surface area contributed by atoms with E-state index in [1.807, 2.05) is 12.1 Å². The molecule has 1 saturated heterocycles. The summed E-state index contributed by atoms with van der Waals surface area (Å²) in [7, 11) is 0. The summed E-state index contributed by atoms with van der Waals surface area (Å²) < 4.78 is 10.4. The van der Waals surface area contributed by atoms with Crippen LogP contribution in [0.4, 0.5) is 10.6 Å². The normalized spacial score (nSPS) is 16.6. The van der Waals surface area contributed by atoms with Gasteiger partial charge in [-0.15, -0.1) is 0 Å². The van der Waals surface area contributed by atoms with Crippen LogP contribution in [0.3, 0.4) is 0 Å². The zero-order valence-electron chi connectivity index (χ0n) is 12.5. The fourth-order valence-corrected chi connectivity index (χ4v) is 2.72. The molecule has 0 saturated carbocycles. The average Bonchev–Trinajstić information content (AvgIpc) is 3.22. The van der Waals surface area contributed by atoms with Crippen LogP contribution in [0.25, 0.3) is 0 Å². The largest absolute Gasteiger partial charge is 0.468 e. The molecule has 7 nitrogen and oxygen atoms in total. The topological polar surface area (TPSA) is 83.5 Å². The van der Waals surface area contributed by atoms with Crippen molar-refractivity contribution in [2.75, 3.05) is 25.0 Å². The summed E-state index contributed by atoms with van der Waals surface area (Å²) >= 11 is 0. The molecule has 0 radical (unpaired) electrons. The van der Waals surface area contributed by atoms with Gasteiger partial charge < -0.3 is 14.3 Å². The van der Waals surface area contributed by atoms with Gasteiger partial charge in [0, 0.05) is 12.6 Å². The van der Waals surface area contributed by atoms with E-state index in [4.69, 9.17) is 8.94 Å². The SMILES string of the molecule is Cc1cc(NC(=O)NC[C@H](c2ccco2)N2CCCC2)no1. The van der Waals surface area contributed by atoms with Gasteiger partial charge in [-0.1, -0.05) is 5.16 Å². The zero-order valence-corrected chi connectivity index (χ0v) is 12.5. The molecule has 1 aliphatic rings. The van der Waals surface area contributed by atoms with Crippen molar-refractivity contribution in [1.82, 2.24) is 15.4 Å². The van der Waals surface area contributed by atoms with E-state index in [1.54, 1.807) is 19.3 Å². The lowest BCUT2D eigenvalue weighted by Gasteiger charge is -2.25. The number of likely N-dealkylation sites (tertiary alicyclic amines) is 1. The van der Waals surface area contributed by atoms with Gasteiger partial charge in [-0.25, -0.2) is 4.79 Å². The Bertz CT molecular complexity index is 602. The minimum atomic E-state index is -0.302. The molecule has 22 heavy (non-hydrogen) atoms. The van der Waals surface area contributed by atoms with Crippen molar-refractivity contribution in [3.05, 3.63) is 36.0 Å². The van der Waals surface area contributed by atoms with E-state index in [9.17, 15) is 4.79 Å². The van der Waals surface area contributed by atoms with E-state index in [1.165, 1.54) is 12.8 Å². The zero-order chi connectivity index (χ0) is 15.4. The molecule has 2 aromatic heterocycles. The number of nitrogens with one attached hydrogen (secondary N) is 2. The summed E-state index contributed by atoms with van der Waals surface area (Å²) in [6.07, 6.45) is 4.03. The molecule has 1 atom stereocenters. The second-order valence-electron chi connectivity index (χ2n) is 5.43. The van der Waals surface area contributed by atoms with Crippen LogP contribution in [0.5, 0.6) is 0 Å². The van der Waals surface area contributed by atoms with Crippen LogP contribution in [0.2, 0.25) is 0 Å². The highest BCUT2D eigenvalue weighted by Crippen LogP contribution is 2.24. The predicted molar refractivity (Wildman–Crippen MR) is 80.5 cm³/mol. The summed E-state index contributed by atoms with van der Waals surface area (Å²) in [6.45, 7) is 4.31. The van der Waals surface area contributed by atoms with Crippen molar-refractivity contribution >= 4 is 11.8 Å². The Morgan fingerprint density at radius 2 is 2.27 bits per heavy atom. The third-order valence-electron chi connectivity index (χ3n) is 3.78. The van der Waals surface area contributed by atoms with E-state index in [0.29, 0.717) is 18.1 Å². The molecule has 0 aliphatic carbocycles. The highest BCUT2D eigenvalue weighted by atomic mass is 16.5. The van der Waals surface area contributed by atoms with E-state index < -0.39 is 0 Å². The molecule has 0 bridgehead atoms. The minimum absolute atomic E-state index is 0.0577. The number of anilines is 1. The molecular weight excluding hydrogens is 284 g/mol. The highest BCUT2D eigenvalue weighted by molar-refractivity contribution is 5.88. The average molecular weight is 304 g/mol. The van der Waals surface area contributed by atoms with Crippen LogP contribution in [-0.4, -0.2) is 35.7 Å². The van der Waals surface area contributed by atoms with Gasteiger partial charge in [0.2, 0.25) is 0 Å². The maximum absolute atomic E-state index is 12.0. The molecular formula is C15H20N4O3. The Balaban J connectivity index is 1.57. The quantitative estimate of drug-likeness (QED) is 0.887. The molecule has 3 rings (SSSR count). The first-order valence-corrected chi connectivity index (χ1v) is 7.48. The van der Waals surface area contributed by atoms with Gasteiger partial charge >= 0.3 is 6.03 Å². The first kappa shape index (κ1) is 14.6. The molecule has 0 aromatic carbocycles. The second kappa shape index (κ2) is 6.65. The number of rotatable bonds is 5. The second-order valence-corrected chi connectivity index (χ2v) is 5.43. The van der Waals surface area contributed by atoms with Gasteiger partial charge in [-0.2, -0.15) is 0 Å². The Morgan fingerprint density at radius 3 is 2.91 bits per heavy atom. The molecule has 1 fully saturated rings. The fraction of sp³-hybridized carbons (Fsp3) is 0.467. The van der Waals surface area contributed by atoms with Gasteiger partial charge in [0.1, 0.15) is 11.5 Å². The number of hydrogen-bond donors (Lipinski definition) is 2. The number of nitrogens with zero attached hydrogens (tertiary/aromatic N) is 2. The van der Waals surface area contributed by atoms with E-state index >= 15 is 0 Å². The molecule has 2 N–H and O–H groups in total. The monoisotopic (exact) mass is 304 g/mol. The van der Waals surface area contributed by atoms with Gasteiger partial charge in [-0.3, -0.25) is 10.2 Å². The van der Waals surface area contributed by atoms with Crippen LogP contribution in [0.15, 0.2) is 33.4 Å². The number of furan rings is 1. The molecule has 0 unspecified atom stereocenters. The Morgan fingerprint density at radius 1 is 1.45 bits per heavy atom. The first-order valence-electron chi connectivity index (χ1n) is 7.48. The van der Waals surface area contributed by atoms with Crippen molar-refractivity contribution < 1.29 is 13.7 Å². The number of carbonyl (C=O) groups is 1. The van der Waals surface area contributed by atoms with Gasteiger partial charge in [-0.05, 0) is 45.0 Å². The van der Waals surface area contributed by atoms with Crippen molar-refractivity contribution in [3.63, 3.8) is 0 Å². The Hall–Kier alpha value is -2.28. The number of carbonyl (C=O) groups excluding carboxylic acids is 1. The van der Waals surface area contributed by atoms with Crippen LogP contribution in [-0.2, 0) is 0 Å². The van der Waals surface area contributed by atoms with Crippen LogP contribution in [0.1, 0.15) is 30.4 Å². The number of amides is 2. The third-order valence-corrected chi connectivity index (χ3v) is 3.78. The summed E-state index contributed by atoms with van der Waals surface area (Å²) in [5.41, 5.74) is 0. The fourth-order valence-electron chi connectivity index (χ4n) is 2.72. The van der Waals surface area contributed by atoms with Gasteiger partial charge in [0.05, 0.1) is 12.3 Å². The van der Waals surface area contributed by atoms with Crippen molar-refractivity contribution in [2.24, 2.45) is 0 Å². The Labute approximate surface area is 128 Å². The van der Waals surface area contributed by atoms with Crippen LogP contribution < -0.4 is 10.6 Å². The lowest BCUT2D eigenvalue weighted by Crippen LogP contribution is -2.38. The van der Waals surface area contributed by atoms with Crippen molar-refractivity contribution in [3.8, 4) is 0 Å². The van der Waals surface area contributed by atoms with E-state index in [-0.39, 0.29) is 12.1 Å². The first-order chi connectivity index (χ1) is 10.7. The smallest absolute Gasteiger partial charge is 0.320 e. The van der Waals surface area contributed by atoms with Crippen LogP contribution in [0, 0.1) is 6.92 Å². The molecule has 2 aromatic rings. The lowest BCUT2D eigenvalue weighted by molar-refractivity contribution is 0.206. The summed E-state index contributed by atoms with van der Waals surface area (Å²) in [6, 6.07) is 5.25. The maximum atomic E-state index is 12.0. The van der Waals surface area contributed by atoms with E-state index in [2.05, 4.69) is 20.7 Å². The molecule has 3 heterocycles. The lowest BCUT2D eigenvalue weighted by atomic mass is 10.2. The predicted octanol–water partition coefficient (Wildman–Crippen LogP) is 2.53. The minimum Gasteiger partial charge on any atom is -0.468 e. The summed E-state index contributed by atoms with van der Waals surface area (Å²) in [5, 5.41) is 9.26. The molecule has 118 valence electrons. The van der Waals surface area contributed by atoms with Crippen LogP contribution >= 0.6 is 0 Å². The van der Waals surface area contributed by atoms with Crippen molar-refractivity contribution in [2.45, 2.75) is 25.8 Å². The number of hydrogen-bond acceptors (Lipinski definition) is 5. The third kappa shape index (κ3) is 3.48. The summed E-state index contributed by atoms with van der Waals surface area (Å²) in [5.74, 6) is 1.94. The van der Waals surface area contributed by atoms with Gasteiger partial charge in [0.15, 0.2) is 5.82 Å². The molecule has 2 amide bonds. The maximum Gasteiger partial charge on any atom is 0.320 e. The summed E-state index contributed by atoms with van der Waals surface area (Å²) in [4.78, 5) is 14.3. The number of urea groups is 1. The molecule has 0 spiro atoms. The number of aryl methyl sites for hydroxylation is 1. The van der Waals surface area contributed by atoms with E-state index in [0.717, 1.165) is 18.8 Å². The number of aromatic nitrogens is 1. The standard InChI is InChI=1S/C15H20N4O3/c1-11-9-14(18-22-11)17-15(20)16-10-12(13-5-4-8-21-13)19-6-2-3-7-19/h4-5,8-9,12H,2-3,6-7,10H2,1H3,(H2,16,17,18,20)/t12-/m1/s1. The molecule has 1 aliphatic heterocycles. The Kier molecular flexibility index (Phi) is 4.43. The highest BCUT2D eigenvalue weighted by Gasteiger charge is 2.25. The molecule has 7 heteroatoms. The van der Waals surface area contributed by atoms with Gasteiger partial charge in [0.25, 0.3) is 0 Å². The van der Waals surface area contributed by atoms with Crippen molar-refractivity contribution in [1.29, 1.82) is 0 Å².